The molecular formula is C22H28N4O2. The van der Waals surface area contributed by atoms with E-state index in [1.807, 2.05) is 30.2 Å². The van der Waals surface area contributed by atoms with Crippen LogP contribution in [0.4, 0.5) is 0 Å². The molecule has 0 spiro atoms. The quantitative estimate of drug-likeness (QED) is 0.561. The first-order valence-electron chi connectivity index (χ1n) is 10.0. The highest BCUT2D eigenvalue weighted by atomic mass is 16.5. The molecule has 0 atom stereocenters. The molecule has 0 N–H and O–H groups in total. The van der Waals surface area contributed by atoms with Gasteiger partial charge in [-0.25, -0.2) is 4.98 Å². The Bertz CT molecular complexity index is 931. The average molecular weight is 380 g/mol. The Morgan fingerprint density at radius 3 is 2.75 bits per heavy atom. The summed E-state index contributed by atoms with van der Waals surface area (Å²) < 4.78 is 13.6. The molecule has 0 amide bonds. The van der Waals surface area contributed by atoms with Crippen LogP contribution in [0.15, 0.2) is 36.8 Å². The molecule has 0 bridgehead atoms. The lowest BCUT2D eigenvalue weighted by Gasteiger charge is -2.16. The molecule has 2 aromatic heterocycles. The molecule has 0 unspecified atom stereocenters. The smallest absolute Gasteiger partial charge is 0.161 e. The highest BCUT2D eigenvalue weighted by molar-refractivity contribution is 5.74. The molecule has 28 heavy (non-hydrogen) atoms. The summed E-state index contributed by atoms with van der Waals surface area (Å²) in [5.41, 5.74) is 4.19. The van der Waals surface area contributed by atoms with Crippen LogP contribution in [0.1, 0.15) is 30.5 Å². The van der Waals surface area contributed by atoms with Crippen molar-refractivity contribution in [3.05, 3.63) is 48.0 Å². The van der Waals surface area contributed by atoms with E-state index < -0.39 is 0 Å². The normalized spacial score (nSPS) is 14.6. The van der Waals surface area contributed by atoms with E-state index in [2.05, 4.69) is 33.1 Å². The number of ether oxygens (including phenoxy) is 2. The zero-order valence-electron chi connectivity index (χ0n) is 16.7. The minimum atomic E-state index is 0.704. The summed E-state index contributed by atoms with van der Waals surface area (Å²) in [6.07, 6.45) is 8.09. The van der Waals surface area contributed by atoms with E-state index >= 15 is 0 Å². The third kappa shape index (κ3) is 4.28. The van der Waals surface area contributed by atoms with Crippen molar-refractivity contribution in [2.24, 2.45) is 7.05 Å². The number of hydrogen-bond acceptors (Lipinski definition) is 5. The number of aromatic nitrogens is 3. The van der Waals surface area contributed by atoms with Crippen LogP contribution in [0.3, 0.4) is 0 Å². The lowest BCUT2D eigenvalue weighted by atomic mass is 10.1. The van der Waals surface area contributed by atoms with E-state index in [-0.39, 0.29) is 0 Å². The van der Waals surface area contributed by atoms with Crippen LogP contribution in [0.5, 0.6) is 11.5 Å². The summed E-state index contributed by atoms with van der Waals surface area (Å²) in [5.74, 6) is 1.59. The molecule has 6 heteroatoms. The van der Waals surface area contributed by atoms with Crippen LogP contribution < -0.4 is 9.47 Å². The predicted molar refractivity (Wildman–Crippen MR) is 110 cm³/mol. The number of benzene rings is 1. The Balaban J connectivity index is 1.42. The van der Waals surface area contributed by atoms with Crippen molar-refractivity contribution in [2.75, 3.05) is 33.4 Å². The summed E-state index contributed by atoms with van der Waals surface area (Å²) in [4.78, 5) is 11.4. The zero-order valence-corrected chi connectivity index (χ0v) is 16.7. The van der Waals surface area contributed by atoms with Crippen molar-refractivity contribution >= 4 is 11.0 Å². The molecule has 1 saturated heterocycles. The number of pyridine rings is 1. The number of rotatable bonds is 8. The van der Waals surface area contributed by atoms with Crippen LogP contribution in [0.2, 0.25) is 0 Å². The predicted octanol–water partition coefficient (Wildman–Crippen LogP) is 3.43. The van der Waals surface area contributed by atoms with E-state index in [1.165, 1.54) is 25.9 Å². The van der Waals surface area contributed by atoms with Crippen LogP contribution in [-0.2, 0) is 13.5 Å². The van der Waals surface area contributed by atoms with Crippen molar-refractivity contribution in [3.8, 4) is 11.5 Å². The fourth-order valence-corrected chi connectivity index (χ4v) is 3.80. The van der Waals surface area contributed by atoms with Crippen molar-refractivity contribution < 1.29 is 9.47 Å². The summed E-state index contributed by atoms with van der Waals surface area (Å²) >= 11 is 0. The van der Waals surface area contributed by atoms with Crippen LogP contribution in [-0.4, -0.2) is 52.8 Å². The van der Waals surface area contributed by atoms with Crippen molar-refractivity contribution in [2.45, 2.75) is 25.7 Å². The van der Waals surface area contributed by atoms with Crippen LogP contribution in [0.25, 0.3) is 11.0 Å². The van der Waals surface area contributed by atoms with Gasteiger partial charge in [0.2, 0.25) is 0 Å². The number of methoxy groups -OCH3 is 1. The maximum Gasteiger partial charge on any atom is 0.161 e. The highest BCUT2D eigenvalue weighted by Crippen LogP contribution is 2.29. The fraction of sp³-hybridized carbons (Fsp3) is 0.455. The molecule has 0 aliphatic carbocycles. The average Bonchev–Trinajstić information content (AvgIpc) is 3.36. The van der Waals surface area contributed by atoms with Gasteiger partial charge < -0.3 is 18.9 Å². The van der Waals surface area contributed by atoms with Gasteiger partial charge in [0.25, 0.3) is 0 Å². The van der Waals surface area contributed by atoms with Gasteiger partial charge in [0.1, 0.15) is 5.52 Å². The largest absolute Gasteiger partial charge is 0.493 e. The Morgan fingerprint density at radius 2 is 1.93 bits per heavy atom. The number of imidazole rings is 1. The molecule has 1 aromatic carbocycles. The van der Waals surface area contributed by atoms with Gasteiger partial charge in [-0.15, -0.1) is 0 Å². The Hall–Kier alpha value is -2.60. The van der Waals surface area contributed by atoms with Gasteiger partial charge in [-0.3, -0.25) is 4.98 Å². The minimum Gasteiger partial charge on any atom is -0.493 e. The molecule has 148 valence electrons. The number of fused-ring (bicyclic) bond motifs is 1. The van der Waals surface area contributed by atoms with E-state index in [0.717, 1.165) is 53.2 Å². The second-order valence-electron chi connectivity index (χ2n) is 7.43. The van der Waals surface area contributed by atoms with Crippen molar-refractivity contribution in [1.82, 2.24) is 19.4 Å². The molecule has 4 rings (SSSR count). The van der Waals surface area contributed by atoms with Gasteiger partial charge in [-0.2, -0.15) is 0 Å². The van der Waals surface area contributed by atoms with Gasteiger partial charge in [0.05, 0.1) is 31.8 Å². The Labute approximate surface area is 166 Å². The second kappa shape index (κ2) is 8.61. The van der Waals surface area contributed by atoms with E-state index in [9.17, 15) is 0 Å². The van der Waals surface area contributed by atoms with Crippen LogP contribution in [0, 0.1) is 0 Å². The molecule has 1 aliphatic heterocycles. The minimum absolute atomic E-state index is 0.704. The monoisotopic (exact) mass is 380 g/mol. The number of hydrogen-bond donors (Lipinski definition) is 0. The molecular weight excluding hydrogens is 352 g/mol. The zero-order chi connectivity index (χ0) is 19.3. The maximum absolute atomic E-state index is 6.06. The Morgan fingerprint density at radius 1 is 1.07 bits per heavy atom. The number of aryl methyl sites for hydroxylation is 1. The van der Waals surface area contributed by atoms with Crippen molar-refractivity contribution in [3.63, 3.8) is 0 Å². The molecule has 0 saturated carbocycles. The third-order valence-corrected chi connectivity index (χ3v) is 5.36. The van der Waals surface area contributed by atoms with Gasteiger partial charge in [-0.05, 0) is 56.1 Å². The Kier molecular flexibility index (Phi) is 5.76. The summed E-state index contributed by atoms with van der Waals surface area (Å²) in [5, 5.41) is 0. The highest BCUT2D eigenvalue weighted by Gasteiger charge is 2.12. The SMILES string of the molecule is COc1ccc(Cc2cc3c(cn2)ncn3C)cc1OCCCN1CCCC1. The van der Waals surface area contributed by atoms with E-state index in [0.29, 0.717) is 6.61 Å². The van der Waals surface area contributed by atoms with Gasteiger partial charge in [0.15, 0.2) is 11.5 Å². The second-order valence-corrected chi connectivity index (χ2v) is 7.43. The molecule has 1 fully saturated rings. The first kappa shape index (κ1) is 18.7. The summed E-state index contributed by atoms with van der Waals surface area (Å²) in [6.45, 7) is 4.27. The number of nitrogens with zero attached hydrogens (tertiary/aromatic N) is 4. The van der Waals surface area contributed by atoms with E-state index in [4.69, 9.17) is 9.47 Å². The maximum atomic E-state index is 6.06. The van der Waals surface area contributed by atoms with Gasteiger partial charge in [-0.1, -0.05) is 6.07 Å². The van der Waals surface area contributed by atoms with Crippen molar-refractivity contribution in [1.29, 1.82) is 0 Å². The number of likely N-dealkylation sites (tertiary alicyclic amines) is 1. The lowest BCUT2D eigenvalue weighted by molar-refractivity contribution is 0.254. The van der Waals surface area contributed by atoms with Gasteiger partial charge >= 0.3 is 0 Å². The lowest BCUT2D eigenvalue weighted by Crippen LogP contribution is -2.21. The topological polar surface area (TPSA) is 52.4 Å². The van der Waals surface area contributed by atoms with Crippen LogP contribution >= 0.6 is 0 Å². The molecule has 3 heterocycles. The molecule has 6 nitrogen and oxygen atoms in total. The first-order valence-corrected chi connectivity index (χ1v) is 10.0. The molecule has 0 radical (unpaired) electrons. The first-order chi connectivity index (χ1) is 13.7. The summed E-state index contributed by atoms with van der Waals surface area (Å²) in [7, 11) is 3.69. The summed E-state index contributed by atoms with van der Waals surface area (Å²) in [6, 6.07) is 8.23. The third-order valence-electron chi connectivity index (χ3n) is 5.36. The molecule has 1 aliphatic rings. The standard InChI is InChI=1S/C22H28N4O2/c1-25-16-24-19-15-23-18(14-20(19)25)12-17-6-7-21(27-2)22(13-17)28-11-5-10-26-8-3-4-9-26/h6-7,13-16H,3-5,8-12H2,1-2H3. The van der Waals surface area contributed by atoms with Gasteiger partial charge in [0, 0.05) is 25.7 Å². The van der Waals surface area contributed by atoms with E-state index in [1.54, 1.807) is 7.11 Å². The molecule has 3 aromatic rings. The fourth-order valence-electron chi connectivity index (χ4n) is 3.80.